The summed E-state index contributed by atoms with van der Waals surface area (Å²) in [5.74, 6) is 0.103. The van der Waals surface area contributed by atoms with Crippen molar-refractivity contribution in [1.82, 2.24) is 0 Å². The molecule has 0 amide bonds. The van der Waals surface area contributed by atoms with Crippen LogP contribution in [0.3, 0.4) is 0 Å². The summed E-state index contributed by atoms with van der Waals surface area (Å²) in [5.41, 5.74) is 3.48. The summed E-state index contributed by atoms with van der Waals surface area (Å²) in [4.78, 5) is 12.4. The lowest BCUT2D eigenvalue weighted by Crippen LogP contribution is -2.12. The molecule has 0 N–H and O–H groups in total. The molecular weight excluding hydrogens is 258 g/mol. The van der Waals surface area contributed by atoms with Crippen molar-refractivity contribution in [3.63, 3.8) is 0 Å². The lowest BCUT2D eigenvalue weighted by molar-refractivity contribution is 0.0993. The third-order valence-electron chi connectivity index (χ3n) is 3.50. The third-order valence-corrected chi connectivity index (χ3v) is 3.50. The Morgan fingerprint density at radius 3 is 2.33 bits per heavy atom. The van der Waals surface area contributed by atoms with Crippen LogP contribution >= 0.6 is 0 Å². The number of rotatable bonds is 3. The first kappa shape index (κ1) is 15.0. The number of hydrogen-bond acceptors (Lipinski definition) is 2. The van der Waals surface area contributed by atoms with Gasteiger partial charge < -0.3 is 0 Å². The van der Waals surface area contributed by atoms with Gasteiger partial charge in [-0.25, -0.2) is 0 Å². The third kappa shape index (κ3) is 3.79. The van der Waals surface area contributed by atoms with Crippen molar-refractivity contribution in [2.24, 2.45) is 0 Å². The normalized spacial score (nSPS) is 11.0. The number of nitriles is 1. The molecule has 0 heterocycles. The van der Waals surface area contributed by atoms with Crippen molar-refractivity contribution in [2.45, 2.75) is 32.6 Å². The Balaban J connectivity index is 2.18. The van der Waals surface area contributed by atoms with Crippen LogP contribution in [-0.2, 0) is 11.8 Å². The first-order chi connectivity index (χ1) is 9.90. The molecule has 21 heavy (non-hydrogen) atoms. The van der Waals surface area contributed by atoms with Crippen LogP contribution in [0.4, 0.5) is 0 Å². The van der Waals surface area contributed by atoms with Gasteiger partial charge in [-0.15, -0.1) is 0 Å². The summed E-state index contributed by atoms with van der Waals surface area (Å²) >= 11 is 0. The molecule has 106 valence electrons. The fraction of sp³-hybridized carbons (Fsp3) is 0.263. The smallest absolute Gasteiger partial charge is 0.167 e. The topological polar surface area (TPSA) is 40.9 Å². The second-order valence-corrected chi connectivity index (χ2v) is 6.24. The number of hydrogen-bond donors (Lipinski definition) is 0. The van der Waals surface area contributed by atoms with E-state index in [0.717, 1.165) is 16.7 Å². The van der Waals surface area contributed by atoms with Gasteiger partial charge in [0.25, 0.3) is 0 Å². The first-order valence-corrected chi connectivity index (χ1v) is 7.03. The lowest BCUT2D eigenvalue weighted by Gasteiger charge is -2.19. The monoisotopic (exact) mass is 277 g/mol. The van der Waals surface area contributed by atoms with Gasteiger partial charge in [-0.1, -0.05) is 51.1 Å². The standard InChI is InChI=1S/C19H19NO/c1-19(2,3)17-6-4-5-16(12-17)18(21)11-14-7-9-15(13-20)10-8-14/h4-10,12H,11H2,1-3H3. The molecule has 0 aliphatic rings. The average molecular weight is 277 g/mol. The first-order valence-electron chi connectivity index (χ1n) is 7.03. The van der Waals surface area contributed by atoms with Crippen LogP contribution in [-0.4, -0.2) is 5.78 Å². The van der Waals surface area contributed by atoms with E-state index in [9.17, 15) is 4.79 Å². The molecule has 0 radical (unpaired) electrons. The van der Waals surface area contributed by atoms with Crippen LogP contribution in [0.1, 0.15) is 47.8 Å². The molecular formula is C19H19NO. The Labute approximate surface area is 126 Å². The fourth-order valence-electron chi connectivity index (χ4n) is 2.14. The van der Waals surface area contributed by atoms with Gasteiger partial charge in [0.15, 0.2) is 5.78 Å². The molecule has 0 aliphatic heterocycles. The predicted molar refractivity (Wildman–Crippen MR) is 84.3 cm³/mol. The van der Waals surface area contributed by atoms with Gasteiger partial charge in [-0.3, -0.25) is 4.79 Å². The van der Waals surface area contributed by atoms with E-state index in [1.54, 1.807) is 12.1 Å². The van der Waals surface area contributed by atoms with E-state index in [0.29, 0.717) is 12.0 Å². The number of carbonyl (C=O) groups excluding carboxylic acids is 1. The summed E-state index contributed by atoms with van der Waals surface area (Å²) in [6.45, 7) is 6.41. The number of nitrogens with zero attached hydrogens (tertiary/aromatic N) is 1. The van der Waals surface area contributed by atoms with E-state index >= 15 is 0 Å². The Hall–Kier alpha value is -2.40. The van der Waals surface area contributed by atoms with E-state index in [1.807, 2.05) is 30.3 Å². The molecule has 2 heteroatoms. The summed E-state index contributed by atoms with van der Waals surface area (Å²) < 4.78 is 0. The molecule has 0 aliphatic carbocycles. The summed E-state index contributed by atoms with van der Waals surface area (Å²) in [6.07, 6.45) is 0.360. The second-order valence-electron chi connectivity index (χ2n) is 6.24. The van der Waals surface area contributed by atoms with Crippen molar-refractivity contribution in [3.05, 3.63) is 70.8 Å². The van der Waals surface area contributed by atoms with Crippen molar-refractivity contribution >= 4 is 5.78 Å². The maximum absolute atomic E-state index is 12.4. The van der Waals surface area contributed by atoms with Crippen LogP contribution in [0.15, 0.2) is 48.5 Å². The number of ketones is 1. The fourth-order valence-corrected chi connectivity index (χ4v) is 2.14. The highest BCUT2D eigenvalue weighted by molar-refractivity contribution is 5.97. The highest BCUT2D eigenvalue weighted by Crippen LogP contribution is 2.23. The van der Waals surface area contributed by atoms with Gasteiger partial charge >= 0.3 is 0 Å². The van der Waals surface area contributed by atoms with Gasteiger partial charge in [-0.05, 0) is 34.7 Å². The van der Waals surface area contributed by atoms with Crippen LogP contribution in [0, 0.1) is 11.3 Å². The van der Waals surface area contributed by atoms with Crippen molar-refractivity contribution in [1.29, 1.82) is 5.26 Å². The minimum atomic E-state index is 0.0325. The summed E-state index contributed by atoms with van der Waals surface area (Å²) in [6, 6.07) is 17.1. The zero-order valence-corrected chi connectivity index (χ0v) is 12.7. The van der Waals surface area contributed by atoms with Crippen molar-refractivity contribution in [3.8, 4) is 6.07 Å². The van der Waals surface area contributed by atoms with Crippen molar-refractivity contribution < 1.29 is 4.79 Å². The predicted octanol–water partition coefficient (Wildman–Crippen LogP) is 4.28. The van der Waals surface area contributed by atoms with Gasteiger partial charge in [0, 0.05) is 12.0 Å². The van der Waals surface area contributed by atoms with Crippen LogP contribution in [0.2, 0.25) is 0 Å². The molecule has 0 spiro atoms. The van der Waals surface area contributed by atoms with Crippen molar-refractivity contribution in [2.75, 3.05) is 0 Å². The molecule has 2 rings (SSSR count). The molecule has 0 fully saturated rings. The van der Waals surface area contributed by atoms with Crippen LogP contribution in [0.5, 0.6) is 0 Å². The average Bonchev–Trinajstić information content (AvgIpc) is 2.47. The molecule has 0 unspecified atom stereocenters. The second kappa shape index (κ2) is 5.93. The minimum absolute atomic E-state index is 0.0325. The Bertz CT molecular complexity index is 685. The van der Waals surface area contributed by atoms with Gasteiger partial charge in [0.1, 0.15) is 0 Å². The van der Waals surface area contributed by atoms with Gasteiger partial charge in [-0.2, -0.15) is 5.26 Å². The minimum Gasteiger partial charge on any atom is -0.294 e. The van der Waals surface area contributed by atoms with E-state index < -0.39 is 0 Å². The van der Waals surface area contributed by atoms with E-state index in [4.69, 9.17) is 5.26 Å². The Morgan fingerprint density at radius 1 is 1.10 bits per heavy atom. The number of benzene rings is 2. The van der Waals surface area contributed by atoms with Gasteiger partial charge in [0.2, 0.25) is 0 Å². The molecule has 0 saturated carbocycles. The zero-order valence-electron chi connectivity index (χ0n) is 12.7. The number of Topliss-reactive ketones (excluding diaryl/α,β-unsaturated/α-hetero) is 1. The number of carbonyl (C=O) groups is 1. The molecule has 0 aromatic heterocycles. The van der Waals surface area contributed by atoms with E-state index in [1.165, 1.54) is 0 Å². The zero-order chi connectivity index (χ0) is 15.5. The maximum atomic E-state index is 12.4. The quantitative estimate of drug-likeness (QED) is 0.786. The largest absolute Gasteiger partial charge is 0.294 e. The Kier molecular flexibility index (Phi) is 4.23. The molecule has 2 aromatic rings. The summed E-state index contributed by atoms with van der Waals surface area (Å²) in [7, 11) is 0. The molecule has 2 aromatic carbocycles. The van der Waals surface area contributed by atoms with Crippen LogP contribution in [0.25, 0.3) is 0 Å². The maximum Gasteiger partial charge on any atom is 0.167 e. The Morgan fingerprint density at radius 2 is 1.76 bits per heavy atom. The molecule has 0 atom stereocenters. The van der Waals surface area contributed by atoms with E-state index in [-0.39, 0.29) is 11.2 Å². The van der Waals surface area contributed by atoms with Crippen LogP contribution < -0.4 is 0 Å². The van der Waals surface area contributed by atoms with Gasteiger partial charge in [0.05, 0.1) is 11.6 Å². The molecule has 0 bridgehead atoms. The molecule has 0 saturated heterocycles. The highest BCUT2D eigenvalue weighted by atomic mass is 16.1. The summed E-state index contributed by atoms with van der Waals surface area (Å²) in [5, 5.41) is 8.78. The SMILES string of the molecule is CC(C)(C)c1cccc(C(=O)Cc2ccc(C#N)cc2)c1. The highest BCUT2D eigenvalue weighted by Gasteiger charge is 2.15. The lowest BCUT2D eigenvalue weighted by atomic mass is 9.85. The molecule has 2 nitrogen and oxygen atoms in total. The van der Waals surface area contributed by atoms with E-state index in [2.05, 4.69) is 32.9 Å².